The lowest BCUT2D eigenvalue weighted by atomic mass is 10.1. The van der Waals surface area contributed by atoms with Crippen molar-refractivity contribution >= 4 is 5.97 Å². The highest BCUT2D eigenvalue weighted by molar-refractivity contribution is 5.81. The summed E-state index contributed by atoms with van der Waals surface area (Å²) in [4.78, 5) is 10.7. The van der Waals surface area contributed by atoms with Gasteiger partial charge in [0.25, 0.3) is 0 Å². The maximum absolute atomic E-state index is 10.7. The van der Waals surface area contributed by atoms with Crippen molar-refractivity contribution in [1.29, 1.82) is 0 Å². The summed E-state index contributed by atoms with van der Waals surface area (Å²) in [6.45, 7) is 8.16. The maximum atomic E-state index is 10.7. The van der Waals surface area contributed by atoms with Gasteiger partial charge in [-0.25, -0.2) is 4.79 Å². The molecule has 0 fully saturated rings. The third kappa shape index (κ3) is 12.8. The Morgan fingerprint density at radius 2 is 1.33 bits per heavy atom. The second-order valence-electron chi connectivity index (χ2n) is 4.24. The van der Waals surface area contributed by atoms with Crippen molar-refractivity contribution < 1.29 is 14.3 Å². The molecule has 0 aliphatic rings. The Morgan fingerprint density at radius 1 is 0.833 bits per heavy atom. The minimum absolute atomic E-state index is 0.322. The molecular formula is C15H26O3. The van der Waals surface area contributed by atoms with Crippen LogP contribution in [0, 0.1) is 0 Å². The van der Waals surface area contributed by atoms with Crippen molar-refractivity contribution in [2.75, 3.05) is 13.2 Å². The average Bonchev–Trinajstić information content (AvgIpc) is 2.39. The Kier molecular flexibility index (Phi) is 12.9. The summed E-state index contributed by atoms with van der Waals surface area (Å²) in [6, 6.07) is 0. The van der Waals surface area contributed by atoms with Crippen LogP contribution in [0.4, 0.5) is 0 Å². The summed E-state index contributed by atoms with van der Waals surface area (Å²) in [6.07, 6.45) is 12.2. The summed E-state index contributed by atoms with van der Waals surface area (Å²) in [5, 5.41) is 0. The van der Waals surface area contributed by atoms with E-state index in [4.69, 9.17) is 9.47 Å². The molecule has 0 radical (unpaired) electrons. The SMILES string of the molecule is C=COCCCCCCCCCCOC(=O)C=C. The number of hydrogen-bond acceptors (Lipinski definition) is 3. The van der Waals surface area contributed by atoms with Crippen molar-refractivity contribution in [3.05, 3.63) is 25.5 Å². The Balaban J connectivity index is 3.00. The molecule has 104 valence electrons. The fourth-order valence-electron chi connectivity index (χ4n) is 1.66. The van der Waals surface area contributed by atoms with Gasteiger partial charge in [-0.05, 0) is 12.8 Å². The van der Waals surface area contributed by atoms with Gasteiger partial charge in [0.05, 0.1) is 19.5 Å². The molecule has 18 heavy (non-hydrogen) atoms. The first kappa shape index (κ1) is 16.8. The number of unbranched alkanes of at least 4 members (excludes halogenated alkanes) is 7. The second kappa shape index (κ2) is 13.8. The monoisotopic (exact) mass is 254 g/mol. The summed E-state index contributed by atoms with van der Waals surface area (Å²) in [5.74, 6) is -0.322. The van der Waals surface area contributed by atoms with E-state index in [9.17, 15) is 4.79 Å². The Bertz CT molecular complexity index is 224. The van der Waals surface area contributed by atoms with E-state index >= 15 is 0 Å². The third-order valence-electron chi connectivity index (χ3n) is 2.69. The van der Waals surface area contributed by atoms with Crippen molar-refractivity contribution in [1.82, 2.24) is 0 Å². The first-order valence-corrected chi connectivity index (χ1v) is 6.83. The standard InChI is InChI=1S/C15H26O3/c1-3-15(16)18-14-12-10-8-6-5-7-9-11-13-17-4-2/h3-4H,1-2,5-14H2. The molecule has 0 aliphatic heterocycles. The lowest BCUT2D eigenvalue weighted by Gasteiger charge is -2.03. The van der Waals surface area contributed by atoms with Crippen molar-refractivity contribution in [3.63, 3.8) is 0 Å². The molecule has 0 saturated heterocycles. The molecule has 0 aromatic heterocycles. The van der Waals surface area contributed by atoms with Crippen LogP contribution in [-0.4, -0.2) is 19.2 Å². The van der Waals surface area contributed by atoms with Crippen LogP contribution in [0.3, 0.4) is 0 Å². The van der Waals surface area contributed by atoms with Crippen LogP contribution in [0.1, 0.15) is 51.4 Å². The summed E-state index contributed by atoms with van der Waals surface area (Å²) in [5.41, 5.74) is 0. The van der Waals surface area contributed by atoms with Gasteiger partial charge in [-0.3, -0.25) is 0 Å². The van der Waals surface area contributed by atoms with Crippen LogP contribution in [-0.2, 0) is 14.3 Å². The molecule has 0 N–H and O–H groups in total. The lowest BCUT2D eigenvalue weighted by Crippen LogP contribution is -2.01. The fraction of sp³-hybridized carbons (Fsp3) is 0.667. The number of carbonyl (C=O) groups excluding carboxylic acids is 1. The van der Waals surface area contributed by atoms with Gasteiger partial charge in [0.2, 0.25) is 0 Å². The Morgan fingerprint density at radius 3 is 1.83 bits per heavy atom. The summed E-state index contributed by atoms with van der Waals surface area (Å²) >= 11 is 0. The van der Waals surface area contributed by atoms with Crippen molar-refractivity contribution in [2.24, 2.45) is 0 Å². The van der Waals surface area contributed by atoms with Gasteiger partial charge < -0.3 is 9.47 Å². The van der Waals surface area contributed by atoms with Crippen LogP contribution in [0.15, 0.2) is 25.5 Å². The Hall–Kier alpha value is -1.25. The zero-order valence-electron chi connectivity index (χ0n) is 11.4. The maximum Gasteiger partial charge on any atom is 0.330 e. The van der Waals surface area contributed by atoms with Gasteiger partial charge in [-0.2, -0.15) is 0 Å². The van der Waals surface area contributed by atoms with E-state index in [1.165, 1.54) is 44.4 Å². The molecule has 0 amide bonds. The molecule has 0 aromatic carbocycles. The average molecular weight is 254 g/mol. The number of ether oxygens (including phenoxy) is 2. The van der Waals surface area contributed by atoms with Gasteiger partial charge in [0, 0.05) is 6.08 Å². The molecular weight excluding hydrogens is 228 g/mol. The molecule has 0 unspecified atom stereocenters. The van der Waals surface area contributed by atoms with Gasteiger partial charge in [0.15, 0.2) is 0 Å². The largest absolute Gasteiger partial charge is 0.502 e. The highest BCUT2D eigenvalue weighted by Crippen LogP contribution is 2.08. The normalized spacial score (nSPS) is 9.78. The molecule has 0 bridgehead atoms. The van der Waals surface area contributed by atoms with Crippen LogP contribution in [0.2, 0.25) is 0 Å². The van der Waals surface area contributed by atoms with Gasteiger partial charge >= 0.3 is 5.97 Å². The minimum Gasteiger partial charge on any atom is -0.502 e. The zero-order valence-corrected chi connectivity index (χ0v) is 11.4. The predicted molar refractivity (Wildman–Crippen MR) is 74.2 cm³/mol. The highest BCUT2D eigenvalue weighted by atomic mass is 16.5. The number of hydrogen-bond donors (Lipinski definition) is 0. The third-order valence-corrected chi connectivity index (χ3v) is 2.69. The molecule has 0 atom stereocenters. The van der Waals surface area contributed by atoms with Crippen LogP contribution >= 0.6 is 0 Å². The molecule has 0 rings (SSSR count). The van der Waals surface area contributed by atoms with E-state index in [0.717, 1.165) is 25.9 Å². The molecule has 3 nitrogen and oxygen atoms in total. The minimum atomic E-state index is -0.322. The molecule has 0 aliphatic carbocycles. The molecule has 3 heteroatoms. The number of esters is 1. The van der Waals surface area contributed by atoms with Crippen LogP contribution < -0.4 is 0 Å². The quantitative estimate of drug-likeness (QED) is 0.216. The van der Waals surface area contributed by atoms with E-state index < -0.39 is 0 Å². The van der Waals surface area contributed by atoms with Crippen LogP contribution in [0.5, 0.6) is 0 Å². The van der Waals surface area contributed by atoms with Crippen molar-refractivity contribution in [3.8, 4) is 0 Å². The first-order chi connectivity index (χ1) is 8.81. The second-order valence-corrected chi connectivity index (χ2v) is 4.24. The smallest absolute Gasteiger partial charge is 0.330 e. The summed E-state index contributed by atoms with van der Waals surface area (Å²) in [7, 11) is 0. The molecule has 0 spiro atoms. The van der Waals surface area contributed by atoms with Gasteiger partial charge in [0.1, 0.15) is 0 Å². The fourth-order valence-corrected chi connectivity index (χ4v) is 1.66. The zero-order chi connectivity index (χ0) is 13.5. The predicted octanol–water partition coefficient (Wildman–Crippen LogP) is 4.00. The van der Waals surface area contributed by atoms with Gasteiger partial charge in [-0.15, -0.1) is 0 Å². The molecule has 0 aromatic rings. The Labute approximate surface area is 111 Å². The number of rotatable bonds is 13. The first-order valence-electron chi connectivity index (χ1n) is 6.83. The topological polar surface area (TPSA) is 35.5 Å². The molecule has 0 heterocycles. The van der Waals surface area contributed by atoms with E-state index in [1.807, 2.05) is 0 Å². The lowest BCUT2D eigenvalue weighted by molar-refractivity contribution is -0.137. The van der Waals surface area contributed by atoms with E-state index in [2.05, 4.69) is 13.2 Å². The summed E-state index contributed by atoms with van der Waals surface area (Å²) < 4.78 is 9.94. The van der Waals surface area contributed by atoms with Gasteiger partial charge in [-0.1, -0.05) is 51.7 Å². The van der Waals surface area contributed by atoms with E-state index in [1.54, 1.807) is 0 Å². The highest BCUT2D eigenvalue weighted by Gasteiger charge is 1.95. The van der Waals surface area contributed by atoms with Crippen molar-refractivity contribution in [2.45, 2.75) is 51.4 Å². The van der Waals surface area contributed by atoms with E-state index in [-0.39, 0.29) is 5.97 Å². The van der Waals surface area contributed by atoms with Crippen LogP contribution in [0.25, 0.3) is 0 Å². The number of carbonyl (C=O) groups is 1. The van der Waals surface area contributed by atoms with E-state index in [0.29, 0.717) is 6.61 Å². The molecule has 0 saturated carbocycles.